The molecular weight excluding hydrogens is 376 g/mol. The predicted molar refractivity (Wildman–Crippen MR) is 122 cm³/mol. The minimum atomic E-state index is -0.597. The lowest BCUT2D eigenvalue weighted by atomic mass is 9.63. The minimum absolute atomic E-state index is 0.0715. The lowest BCUT2D eigenvalue weighted by Crippen LogP contribution is -2.34. The zero-order chi connectivity index (χ0) is 22.1. The summed E-state index contributed by atoms with van der Waals surface area (Å²) in [7, 11) is 0. The van der Waals surface area contributed by atoms with Gasteiger partial charge in [0.15, 0.2) is 0 Å². The summed E-state index contributed by atoms with van der Waals surface area (Å²) >= 11 is 0. The van der Waals surface area contributed by atoms with E-state index in [-0.39, 0.29) is 28.7 Å². The van der Waals surface area contributed by atoms with Crippen molar-refractivity contribution in [2.75, 3.05) is 6.61 Å². The third kappa shape index (κ3) is 3.97. The molecule has 0 radical (unpaired) electrons. The molecule has 3 N–H and O–H groups in total. The fraction of sp³-hybridized carbons (Fsp3) is 0.360. The first-order valence-corrected chi connectivity index (χ1v) is 10.2. The summed E-state index contributed by atoms with van der Waals surface area (Å²) in [5.74, 6) is -0.757. The first-order valence-electron chi connectivity index (χ1n) is 10.2. The number of hydrogen-bond acceptors (Lipinski definition) is 3. The van der Waals surface area contributed by atoms with Gasteiger partial charge in [-0.1, -0.05) is 46.4 Å². The molecule has 30 heavy (non-hydrogen) atoms. The Kier molecular flexibility index (Phi) is 5.75. The fourth-order valence-electron chi connectivity index (χ4n) is 4.10. The van der Waals surface area contributed by atoms with Gasteiger partial charge in [-0.05, 0) is 59.1 Å². The highest BCUT2D eigenvalue weighted by atomic mass is 16.5. The van der Waals surface area contributed by atoms with Crippen LogP contribution in [0.25, 0.3) is 0 Å². The normalized spacial score (nSPS) is 17.1. The van der Waals surface area contributed by atoms with Crippen LogP contribution in [-0.4, -0.2) is 24.0 Å². The number of nitrogens with zero attached hydrogens (tertiary/aromatic N) is 1. The number of hydrogen-bond donors (Lipinski definition) is 2. The van der Waals surface area contributed by atoms with E-state index < -0.39 is 5.97 Å². The van der Waals surface area contributed by atoms with E-state index in [0.29, 0.717) is 5.69 Å². The highest BCUT2D eigenvalue weighted by Crippen LogP contribution is 2.46. The summed E-state index contributed by atoms with van der Waals surface area (Å²) < 4.78 is 6.81. The molecule has 5 nitrogen and oxygen atoms in total. The minimum Gasteiger partial charge on any atom is -0.507 e. The molecule has 0 fully saturated rings. The average molecular weight is 408 g/mol. The second-order valence-corrected chi connectivity index (χ2v) is 9.11. The molecule has 5 heteroatoms. The Morgan fingerprint density at radius 1 is 1.10 bits per heavy atom. The van der Waals surface area contributed by atoms with Gasteiger partial charge in [0, 0.05) is 6.07 Å². The van der Waals surface area contributed by atoms with Gasteiger partial charge >= 0.3 is 5.97 Å². The van der Waals surface area contributed by atoms with E-state index in [1.54, 1.807) is 10.6 Å². The Labute approximate surface area is 178 Å². The number of fused-ring (bicyclic) bond motifs is 1. The van der Waals surface area contributed by atoms with Crippen molar-refractivity contribution < 1.29 is 14.6 Å². The number of esters is 1. The van der Waals surface area contributed by atoms with Crippen molar-refractivity contribution in [2.24, 2.45) is 5.73 Å². The lowest BCUT2D eigenvalue weighted by molar-refractivity contribution is 0.0546. The predicted octanol–water partition coefficient (Wildman–Crippen LogP) is 4.91. The molecule has 0 bridgehead atoms. The number of carbonyl (C=O) groups excluding carboxylic acids is 1. The van der Waals surface area contributed by atoms with E-state index in [1.165, 1.54) is 35.7 Å². The Balaban J connectivity index is 2.01. The Hall–Kier alpha value is -3.08. The van der Waals surface area contributed by atoms with E-state index in [2.05, 4.69) is 52.5 Å². The van der Waals surface area contributed by atoms with Gasteiger partial charge in [-0.3, -0.25) is 5.73 Å². The van der Waals surface area contributed by atoms with Crippen molar-refractivity contribution in [2.45, 2.75) is 51.4 Å². The van der Waals surface area contributed by atoms with Crippen LogP contribution in [0.3, 0.4) is 0 Å². The molecule has 3 rings (SSSR count). The van der Waals surface area contributed by atoms with E-state index >= 15 is 0 Å². The molecule has 2 aromatic rings. The average Bonchev–Trinajstić information content (AvgIpc) is 2.70. The molecule has 158 valence electrons. The number of phenolic OH excluding ortho intramolecular Hbond substituents is 1. The third-order valence-electron chi connectivity index (χ3n) is 6.08. The number of carbonyl (C=O) groups is 1. The van der Waals surface area contributed by atoms with Gasteiger partial charge in [0.2, 0.25) is 6.34 Å². The largest absolute Gasteiger partial charge is 0.507 e. The number of aromatic hydroxyl groups is 1. The molecule has 0 amide bonds. The standard InChI is InChI=1S/C25H30N2O3/c1-6-13-30-23(29)19-9-7-18(15-22(19)28)27(16-26)17-8-10-20-21(14-17)25(4,5)12-11-24(20,2)3/h6-10,14-16,26H,1,11-13H2,2-5H3,(H,28,29)/p+1. The van der Waals surface area contributed by atoms with Crippen LogP contribution >= 0.6 is 0 Å². The molecule has 2 aromatic carbocycles. The van der Waals surface area contributed by atoms with Gasteiger partial charge in [-0.2, -0.15) is 4.58 Å². The zero-order valence-electron chi connectivity index (χ0n) is 18.2. The van der Waals surface area contributed by atoms with Gasteiger partial charge in [0.05, 0.1) is 0 Å². The molecule has 0 spiro atoms. The van der Waals surface area contributed by atoms with Crippen molar-refractivity contribution in [1.29, 1.82) is 0 Å². The van der Waals surface area contributed by atoms with Crippen LogP contribution < -0.4 is 10.3 Å². The van der Waals surface area contributed by atoms with Gasteiger partial charge in [0.1, 0.15) is 29.3 Å². The van der Waals surface area contributed by atoms with Crippen molar-refractivity contribution in [3.63, 3.8) is 0 Å². The topological polar surface area (TPSA) is 75.6 Å². The zero-order valence-corrected chi connectivity index (χ0v) is 18.2. The Morgan fingerprint density at radius 3 is 2.30 bits per heavy atom. The first-order chi connectivity index (χ1) is 14.1. The van der Waals surface area contributed by atoms with E-state index in [9.17, 15) is 9.90 Å². The summed E-state index contributed by atoms with van der Waals surface area (Å²) in [6.07, 6.45) is 5.21. The summed E-state index contributed by atoms with van der Waals surface area (Å²) in [5, 5.41) is 10.4. The van der Waals surface area contributed by atoms with Gasteiger partial charge < -0.3 is 9.84 Å². The highest BCUT2D eigenvalue weighted by molar-refractivity contribution is 5.93. The maximum atomic E-state index is 12.1. The monoisotopic (exact) mass is 407 g/mol. The van der Waals surface area contributed by atoms with Crippen LogP contribution in [0.15, 0.2) is 49.1 Å². The second-order valence-electron chi connectivity index (χ2n) is 9.11. The Bertz CT molecular complexity index is 1020. The first kappa shape index (κ1) is 21.6. The maximum Gasteiger partial charge on any atom is 0.342 e. The van der Waals surface area contributed by atoms with Crippen LogP contribution in [0.1, 0.15) is 62.0 Å². The van der Waals surface area contributed by atoms with E-state index in [4.69, 9.17) is 10.5 Å². The summed E-state index contributed by atoms with van der Waals surface area (Å²) in [6.45, 7) is 12.7. The molecule has 0 atom stereocenters. The number of phenols is 1. The second kappa shape index (κ2) is 7.98. The lowest BCUT2D eigenvalue weighted by Gasteiger charge is -2.41. The number of benzene rings is 2. The molecule has 0 unspecified atom stereocenters. The third-order valence-corrected chi connectivity index (χ3v) is 6.08. The molecule has 0 aromatic heterocycles. The summed E-state index contributed by atoms with van der Waals surface area (Å²) in [6, 6.07) is 11.2. The van der Waals surface area contributed by atoms with Crippen LogP contribution in [0.5, 0.6) is 5.75 Å². The molecule has 0 aliphatic heterocycles. The number of nitrogens with two attached hydrogens (primary N) is 1. The van der Waals surface area contributed by atoms with Gasteiger partial charge in [-0.25, -0.2) is 4.79 Å². The summed E-state index contributed by atoms with van der Waals surface area (Å²) in [5.41, 5.74) is 10.5. The fourth-order valence-corrected chi connectivity index (χ4v) is 4.10. The summed E-state index contributed by atoms with van der Waals surface area (Å²) in [4.78, 5) is 12.1. The quantitative estimate of drug-likeness (QED) is 0.243. The van der Waals surface area contributed by atoms with Gasteiger partial charge in [0.25, 0.3) is 0 Å². The number of ether oxygens (including phenoxy) is 1. The van der Waals surface area contributed by atoms with Crippen molar-refractivity contribution in [3.05, 3.63) is 65.7 Å². The van der Waals surface area contributed by atoms with Crippen molar-refractivity contribution in [1.82, 2.24) is 4.58 Å². The molecule has 0 saturated carbocycles. The Morgan fingerprint density at radius 2 is 1.70 bits per heavy atom. The molecule has 0 heterocycles. The SMILES string of the molecule is C=CCOC(=O)c1ccc([N+](=CN)c2ccc3c(c2)C(C)(C)CCC3(C)C)cc1O. The van der Waals surface area contributed by atoms with Crippen LogP contribution in [0.4, 0.5) is 11.4 Å². The van der Waals surface area contributed by atoms with Crippen LogP contribution in [0.2, 0.25) is 0 Å². The molecular formula is C25H31N2O3+. The van der Waals surface area contributed by atoms with Crippen LogP contribution in [-0.2, 0) is 15.6 Å². The smallest absolute Gasteiger partial charge is 0.342 e. The maximum absolute atomic E-state index is 12.1. The van der Waals surface area contributed by atoms with Crippen molar-refractivity contribution in [3.8, 4) is 5.75 Å². The van der Waals surface area contributed by atoms with Crippen molar-refractivity contribution >= 4 is 23.7 Å². The molecule has 1 aliphatic rings. The van der Waals surface area contributed by atoms with Gasteiger partial charge in [-0.15, -0.1) is 0 Å². The van der Waals surface area contributed by atoms with E-state index in [1.807, 2.05) is 0 Å². The number of rotatable bonds is 5. The molecule has 0 saturated heterocycles. The van der Waals surface area contributed by atoms with Crippen LogP contribution in [0, 0.1) is 0 Å². The van der Waals surface area contributed by atoms with E-state index in [0.717, 1.165) is 18.5 Å². The highest BCUT2D eigenvalue weighted by Gasteiger charge is 2.37. The molecule has 1 aliphatic carbocycles.